The number of pyridine rings is 1. The summed E-state index contributed by atoms with van der Waals surface area (Å²) in [5.41, 5.74) is 2.18. The van der Waals surface area contributed by atoms with Gasteiger partial charge in [-0.3, -0.25) is 0 Å². The fraction of sp³-hybridized carbons (Fsp3) is 0.250. The number of halogens is 3. The summed E-state index contributed by atoms with van der Waals surface area (Å²) >= 11 is 1.68. The number of benzene rings is 1. The summed E-state index contributed by atoms with van der Waals surface area (Å²) in [6.45, 7) is 2.05. The minimum absolute atomic E-state index is 0.224. The topological polar surface area (TPSA) is 30.7 Å². The van der Waals surface area contributed by atoms with E-state index in [1.54, 1.807) is 24.0 Å². The van der Waals surface area contributed by atoms with Gasteiger partial charge in [0.15, 0.2) is 5.65 Å². The Morgan fingerprint density at radius 3 is 2.65 bits per heavy atom. The monoisotopic (exact) mass is 337 g/mol. The van der Waals surface area contributed by atoms with Crippen LogP contribution in [0.5, 0.6) is 0 Å². The van der Waals surface area contributed by atoms with Crippen molar-refractivity contribution >= 4 is 22.9 Å². The molecule has 120 valence electrons. The fourth-order valence-electron chi connectivity index (χ4n) is 2.46. The van der Waals surface area contributed by atoms with Crippen molar-refractivity contribution in [3.63, 3.8) is 0 Å². The van der Waals surface area contributed by atoms with Crippen LogP contribution in [0.4, 0.5) is 13.2 Å². The quantitative estimate of drug-likeness (QED) is 0.645. The molecule has 0 aliphatic carbocycles. The van der Waals surface area contributed by atoms with E-state index in [0.717, 1.165) is 26.3 Å². The van der Waals surface area contributed by atoms with Crippen LogP contribution >= 0.6 is 11.8 Å². The molecule has 0 amide bonds. The second kappa shape index (κ2) is 5.88. The Labute approximate surface area is 135 Å². The summed E-state index contributed by atoms with van der Waals surface area (Å²) in [4.78, 5) is 8.97. The van der Waals surface area contributed by atoms with E-state index >= 15 is 0 Å². The van der Waals surface area contributed by atoms with Crippen LogP contribution in [0.2, 0.25) is 0 Å². The number of aromatic nitrogens is 3. The first-order valence-corrected chi connectivity index (χ1v) is 8.02. The zero-order chi connectivity index (χ0) is 16.6. The summed E-state index contributed by atoms with van der Waals surface area (Å²) < 4.78 is 39.9. The third-order valence-corrected chi connectivity index (χ3v) is 4.42. The molecule has 0 aliphatic heterocycles. The molecule has 23 heavy (non-hydrogen) atoms. The van der Waals surface area contributed by atoms with Gasteiger partial charge in [0.05, 0.1) is 0 Å². The maximum atomic E-state index is 13.0. The fourth-order valence-corrected chi connectivity index (χ4v) is 3.29. The van der Waals surface area contributed by atoms with Crippen LogP contribution in [-0.4, -0.2) is 20.3 Å². The maximum absolute atomic E-state index is 13.0. The smallest absolute Gasteiger partial charge is 0.308 e. The standard InChI is InChI=1S/C16H14F3N3S/c1-3-23-13-7-5-4-6-11(13)10-8-12-14(20-9-10)22(2)15(21-12)16(17,18)19/h4-9H,3H2,1-2H3. The van der Waals surface area contributed by atoms with Crippen molar-refractivity contribution in [2.45, 2.75) is 18.0 Å². The molecule has 1 aromatic carbocycles. The molecule has 0 N–H and O–H groups in total. The van der Waals surface area contributed by atoms with Gasteiger partial charge in [-0.05, 0) is 23.4 Å². The number of thioether (sulfide) groups is 1. The third-order valence-electron chi connectivity index (χ3n) is 3.46. The van der Waals surface area contributed by atoms with Gasteiger partial charge < -0.3 is 4.57 Å². The lowest BCUT2D eigenvalue weighted by molar-refractivity contribution is -0.146. The van der Waals surface area contributed by atoms with Gasteiger partial charge in [0.25, 0.3) is 0 Å². The molecule has 0 radical (unpaired) electrons. The Kier molecular flexibility index (Phi) is 4.06. The Hall–Kier alpha value is -2.02. The van der Waals surface area contributed by atoms with Crippen molar-refractivity contribution in [3.8, 4) is 11.1 Å². The van der Waals surface area contributed by atoms with E-state index in [1.165, 1.54) is 7.05 Å². The molecular weight excluding hydrogens is 323 g/mol. The first-order chi connectivity index (χ1) is 10.9. The summed E-state index contributed by atoms with van der Waals surface area (Å²) in [7, 11) is 1.33. The highest BCUT2D eigenvalue weighted by atomic mass is 32.2. The highest BCUT2D eigenvalue weighted by Crippen LogP contribution is 2.34. The van der Waals surface area contributed by atoms with Crippen molar-refractivity contribution in [1.29, 1.82) is 0 Å². The number of imidazole rings is 1. The molecule has 3 rings (SSSR count). The van der Waals surface area contributed by atoms with Crippen LogP contribution in [0, 0.1) is 0 Å². The summed E-state index contributed by atoms with van der Waals surface area (Å²) in [5.74, 6) is -0.0255. The molecule has 3 aromatic rings. The molecule has 0 bridgehead atoms. The Morgan fingerprint density at radius 2 is 1.96 bits per heavy atom. The van der Waals surface area contributed by atoms with E-state index in [9.17, 15) is 13.2 Å². The van der Waals surface area contributed by atoms with Crippen molar-refractivity contribution in [2.24, 2.45) is 7.05 Å². The van der Waals surface area contributed by atoms with E-state index < -0.39 is 12.0 Å². The van der Waals surface area contributed by atoms with Gasteiger partial charge in [-0.2, -0.15) is 13.2 Å². The lowest BCUT2D eigenvalue weighted by Gasteiger charge is -2.08. The van der Waals surface area contributed by atoms with Gasteiger partial charge in [-0.15, -0.1) is 11.8 Å². The van der Waals surface area contributed by atoms with Gasteiger partial charge in [-0.1, -0.05) is 25.1 Å². The van der Waals surface area contributed by atoms with Gasteiger partial charge >= 0.3 is 6.18 Å². The second-order valence-corrected chi connectivity index (χ2v) is 6.29. The minimum atomic E-state index is -4.49. The van der Waals surface area contributed by atoms with Crippen LogP contribution < -0.4 is 0 Å². The van der Waals surface area contributed by atoms with Crippen LogP contribution in [0.15, 0.2) is 41.4 Å². The molecule has 3 nitrogen and oxygen atoms in total. The van der Waals surface area contributed by atoms with Crippen LogP contribution in [0.1, 0.15) is 12.7 Å². The van der Waals surface area contributed by atoms with Crippen molar-refractivity contribution in [2.75, 3.05) is 5.75 Å². The first kappa shape index (κ1) is 15.9. The maximum Gasteiger partial charge on any atom is 0.449 e. The predicted molar refractivity (Wildman–Crippen MR) is 85.3 cm³/mol. The van der Waals surface area contributed by atoms with Crippen molar-refractivity contribution in [3.05, 3.63) is 42.4 Å². The Balaban J connectivity index is 2.15. The SMILES string of the molecule is CCSc1ccccc1-c1cnc2c(c1)nc(C(F)(F)F)n2C. The van der Waals surface area contributed by atoms with Crippen molar-refractivity contribution in [1.82, 2.24) is 14.5 Å². The lowest BCUT2D eigenvalue weighted by atomic mass is 10.1. The predicted octanol–water partition coefficient (Wildman–Crippen LogP) is 4.77. The van der Waals surface area contributed by atoms with E-state index in [0.29, 0.717) is 0 Å². The van der Waals surface area contributed by atoms with E-state index in [-0.39, 0.29) is 11.2 Å². The Morgan fingerprint density at radius 1 is 1.22 bits per heavy atom. The van der Waals surface area contributed by atoms with Gasteiger partial charge in [0, 0.05) is 23.7 Å². The summed E-state index contributed by atoms with van der Waals surface area (Å²) in [6, 6.07) is 9.43. The zero-order valence-electron chi connectivity index (χ0n) is 12.6. The van der Waals surface area contributed by atoms with Gasteiger partial charge in [-0.25, -0.2) is 9.97 Å². The normalized spacial score (nSPS) is 12.0. The zero-order valence-corrected chi connectivity index (χ0v) is 13.4. The molecule has 0 unspecified atom stereocenters. The molecule has 0 saturated heterocycles. The van der Waals surface area contributed by atoms with Crippen LogP contribution in [0.3, 0.4) is 0 Å². The minimum Gasteiger partial charge on any atom is -0.308 e. The average molecular weight is 337 g/mol. The molecule has 2 heterocycles. The molecule has 7 heteroatoms. The highest BCUT2D eigenvalue weighted by Gasteiger charge is 2.37. The number of fused-ring (bicyclic) bond motifs is 1. The van der Waals surface area contributed by atoms with Crippen molar-refractivity contribution < 1.29 is 13.2 Å². The number of alkyl halides is 3. The first-order valence-electron chi connectivity index (χ1n) is 7.03. The van der Waals surface area contributed by atoms with Gasteiger partial charge in [0.2, 0.25) is 5.82 Å². The average Bonchev–Trinajstić information content (AvgIpc) is 2.85. The molecule has 0 fully saturated rings. The van der Waals surface area contributed by atoms with E-state index in [1.807, 2.05) is 24.3 Å². The lowest BCUT2D eigenvalue weighted by Crippen LogP contribution is -2.12. The number of hydrogen-bond donors (Lipinski definition) is 0. The molecule has 2 aromatic heterocycles. The molecule has 0 spiro atoms. The summed E-state index contributed by atoms with van der Waals surface area (Å²) in [5, 5.41) is 0. The molecular formula is C16H14F3N3S. The number of rotatable bonds is 3. The molecule has 0 aliphatic rings. The number of aryl methyl sites for hydroxylation is 1. The summed E-state index contributed by atoms with van der Waals surface area (Å²) in [6.07, 6.45) is -2.90. The molecule has 0 atom stereocenters. The van der Waals surface area contributed by atoms with Gasteiger partial charge in [0.1, 0.15) is 5.52 Å². The largest absolute Gasteiger partial charge is 0.449 e. The highest BCUT2D eigenvalue weighted by molar-refractivity contribution is 7.99. The van der Waals surface area contributed by atoms with E-state index in [4.69, 9.17) is 0 Å². The van der Waals surface area contributed by atoms with Crippen LogP contribution in [0.25, 0.3) is 22.3 Å². The number of hydrogen-bond acceptors (Lipinski definition) is 3. The Bertz CT molecular complexity index is 855. The van der Waals surface area contributed by atoms with Crippen LogP contribution in [-0.2, 0) is 13.2 Å². The van der Waals surface area contributed by atoms with E-state index in [2.05, 4.69) is 16.9 Å². The number of nitrogens with zero attached hydrogens (tertiary/aromatic N) is 3. The third kappa shape index (κ3) is 2.93. The molecule has 0 saturated carbocycles. The second-order valence-electron chi connectivity index (χ2n) is 4.99.